The highest BCUT2D eigenvalue weighted by Crippen LogP contribution is 2.42. The smallest absolute Gasteiger partial charge is 0.300 e. The van der Waals surface area contributed by atoms with Gasteiger partial charge in [-0.2, -0.15) is 0 Å². The Morgan fingerprint density at radius 1 is 0.971 bits per heavy atom. The number of hydrogen-bond acceptors (Lipinski definition) is 6. The zero-order valence-electron chi connectivity index (χ0n) is 18.0. The number of rotatable bonds is 5. The fourth-order valence-corrected chi connectivity index (χ4v) is 3.85. The Morgan fingerprint density at radius 3 is 2.15 bits per heavy atom. The number of carbonyl (C=O) groups is 3. The summed E-state index contributed by atoms with van der Waals surface area (Å²) in [6.07, 6.45) is 0. The molecule has 1 saturated heterocycles. The average Bonchev–Trinajstić information content (AvgIpc) is 3.10. The van der Waals surface area contributed by atoms with Gasteiger partial charge in [-0.3, -0.25) is 29.4 Å². The van der Waals surface area contributed by atoms with Crippen LogP contribution in [0.15, 0.2) is 84.4 Å². The SMILES string of the molecule is CC(=O)Nc1ccc(N2C(=O)C(=O)C(=C(O)c3ccc([N+](=O)[O-])cc3)[C@H]2c2ccccc2)cc1. The van der Waals surface area contributed by atoms with Crippen LogP contribution in [0.5, 0.6) is 0 Å². The molecule has 1 heterocycles. The topological polar surface area (TPSA) is 130 Å². The summed E-state index contributed by atoms with van der Waals surface area (Å²) in [4.78, 5) is 49.2. The Hall–Kier alpha value is -4.79. The molecule has 1 fully saturated rings. The van der Waals surface area contributed by atoms with Crippen molar-refractivity contribution in [1.82, 2.24) is 0 Å². The van der Waals surface area contributed by atoms with E-state index in [1.54, 1.807) is 54.6 Å². The number of ketones is 1. The van der Waals surface area contributed by atoms with Gasteiger partial charge in [-0.15, -0.1) is 0 Å². The van der Waals surface area contributed by atoms with Crippen molar-refractivity contribution in [2.45, 2.75) is 13.0 Å². The lowest BCUT2D eigenvalue weighted by molar-refractivity contribution is -0.384. The molecule has 1 aliphatic heterocycles. The Morgan fingerprint density at radius 2 is 1.59 bits per heavy atom. The van der Waals surface area contributed by atoms with Crippen molar-refractivity contribution in [3.8, 4) is 0 Å². The first kappa shape index (κ1) is 22.4. The molecule has 9 heteroatoms. The zero-order valence-corrected chi connectivity index (χ0v) is 18.0. The Balaban J connectivity index is 1.84. The normalized spacial score (nSPS) is 17.0. The van der Waals surface area contributed by atoms with Crippen LogP contribution in [-0.2, 0) is 14.4 Å². The van der Waals surface area contributed by atoms with E-state index in [0.29, 0.717) is 16.9 Å². The van der Waals surface area contributed by atoms with Gasteiger partial charge in [0, 0.05) is 36.0 Å². The number of aliphatic hydroxyl groups excluding tert-OH is 1. The molecule has 0 radical (unpaired) electrons. The molecule has 1 atom stereocenters. The third-order valence-electron chi connectivity index (χ3n) is 5.38. The minimum Gasteiger partial charge on any atom is -0.507 e. The van der Waals surface area contributed by atoms with Crippen molar-refractivity contribution in [2.24, 2.45) is 0 Å². The molecule has 0 bridgehead atoms. The van der Waals surface area contributed by atoms with Gasteiger partial charge in [-0.1, -0.05) is 30.3 Å². The first-order chi connectivity index (χ1) is 16.3. The lowest BCUT2D eigenvalue weighted by atomic mass is 9.95. The van der Waals surface area contributed by atoms with Gasteiger partial charge >= 0.3 is 0 Å². The summed E-state index contributed by atoms with van der Waals surface area (Å²) in [5.41, 5.74) is 1.39. The van der Waals surface area contributed by atoms with Crippen molar-refractivity contribution in [2.75, 3.05) is 10.2 Å². The van der Waals surface area contributed by atoms with Crippen LogP contribution in [0.4, 0.5) is 17.1 Å². The van der Waals surface area contributed by atoms with Crippen molar-refractivity contribution in [1.29, 1.82) is 0 Å². The predicted octanol–water partition coefficient (Wildman–Crippen LogP) is 4.18. The number of aliphatic hydroxyl groups is 1. The van der Waals surface area contributed by atoms with Gasteiger partial charge in [0.05, 0.1) is 16.5 Å². The van der Waals surface area contributed by atoms with E-state index in [-0.39, 0.29) is 22.7 Å². The van der Waals surface area contributed by atoms with E-state index in [4.69, 9.17) is 0 Å². The molecule has 4 rings (SSSR count). The summed E-state index contributed by atoms with van der Waals surface area (Å²) >= 11 is 0. The summed E-state index contributed by atoms with van der Waals surface area (Å²) in [5, 5.41) is 24.6. The maximum atomic E-state index is 13.1. The van der Waals surface area contributed by atoms with Gasteiger partial charge in [-0.25, -0.2) is 0 Å². The van der Waals surface area contributed by atoms with Crippen molar-refractivity contribution in [3.63, 3.8) is 0 Å². The second-order valence-electron chi connectivity index (χ2n) is 7.61. The van der Waals surface area contributed by atoms with E-state index < -0.39 is 28.4 Å². The standard InChI is InChI=1S/C25H19N3O6/c1-15(29)26-18-9-13-19(14-10-18)27-22(16-5-3-2-4-6-16)21(24(31)25(27)32)23(30)17-7-11-20(12-8-17)28(33)34/h2-14,22,30H,1H3,(H,26,29)/t22-/m1/s1. The lowest BCUT2D eigenvalue weighted by Gasteiger charge is -2.25. The molecule has 3 aromatic carbocycles. The summed E-state index contributed by atoms with van der Waals surface area (Å²) in [6, 6.07) is 19.3. The second-order valence-corrected chi connectivity index (χ2v) is 7.61. The summed E-state index contributed by atoms with van der Waals surface area (Å²) in [6.45, 7) is 1.38. The minimum atomic E-state index is -0.928. The average molecular weight is 457 g/mol. The minimum absolute atomic E-state index is 0.129. The van der Waals surface area contributed by atoms with Crippen LogP contribution >= 0.6 is 0 Å². The predicted molar refractivity (Wildman–Crippen MR) is 125 cm³/mol. The molecule has 0 spiro atoms. The fourth-order valence-electron chi connectivity index (χ4n) is 3.85. The van der Waals surface area contributed by atoms with Gasteiger partial charge in [0.1, 0.15) is 5.76 Å². The Bertz CT molecular complexity index is 1320. The van der Waals surface area contributed by atoms with Crippen LogP contribution in [-0.4, -0.2) is 27.6 Å². The van der Waals surface area contributed by atoms with Gasteiger partial charge in [-0.05, 0) is 42.0 Å². The largest absolute Gasteiger partial charge is 0.507 e. The highest BCUT2D eigenvalue weighted by molar-refractivity contribution is 6.51. The molecule has 2 N–H and O–H groups in total. The molecule has 1 aliphatic rings. The number of hydrogen-bond donors (Lipinski definition) is 2. The van der Waals surface area contributed by atoms with Crippen molar-refractivity contribution >= 4 is 40.4 Å². The molecule has 0 unspecified atom stereocenters. The molecular formula is C25H19N3O6. The number of amides is 2. The van der Waals surface area contributed by atoms with Crippen LogP contribution in [0.25, 0.3) is 5.76 Å². The quantitative estimate of drug-likeness (QED) is 0.194. The number of nitrogens with one attached hydrogen (secondary N) is 1. The van der Waals surface area contributed by atoms with Crippen molar-refractivity contribution in [3.05, 3.63) is 106 Å². The second kappa shape index (κ2) is 8.99. The highest BCUT2D eigenvalue weighted by Gasteiger charge is 2.46. The van der Waals surface area contributed by atoms with E-state index in [2.05, 4.69) is 5.32 Å². The molecule has 0 aromatic heterocycles. The maximum Gasteiger partial charge on any atom is 0.300 e. The summed E-state index contributed by atoms with van der Waals surface area (Å²) < 4.78 is 0. The van der Waals surface area contributed by atoms with Crippen LogP contribution < -0.4 is 10.2 Å². The number of anilines is 2. The van der Waals surface area contributed by atoms with Gasteiger partial charge in [0.25, 0.3) is 17.4 Å². The summed E-state index contributed by atoms with van der Waals surface area (Å²) in [5.74, 6) is -2.39. The van der Waals surface area contributed by atoms with E-state index >= 15 is 0 Å². The number of nitro groups is 1. The van der Waals surface area contributed by atoms with Gasteiger partial charge in [0.2, 0.25) is 5.91 Å². The monoisotopic (exact) mass is 457 g/mol. The van der Waals surface area contributed by atoms with Crippen LogP contribution in [0.2, 0.25) is 0 Å². The molecule has 2 amide bonds. The van der Waals surface area contributed by atoms with Crippen LogP contribution in [0.1, 0.15) is 24.1 Å². The number of Topliss-reactive ketones (excluding diaryl/α,β-unsaturated/α-hetero) is 1. The fraction of sp³-hybridized carbons (Fsp3) is 0.0800. The number of nitro benzene ring substituents is 1. The summed E-state index contributed by atoms with van der Waals surface area (Å²) in [7, 11) is 0. The zero-order chi connectivity index (χ0) is 24.4. The molecule has 170 valence electrons. The number of nitrogens with zero attached hydrogens (tertiary/aromatic N) is 2. The maximum absolute atomic E-state index is 13.1. The van der Waals surface area contributed by atoms with E-state index in [9.17, 15) is 29.6 Å². The molecule has 3 aromatic rings. The van der Waals surface area contributed by atoms with Gasteiger partial charge < -0.3 is 10.4 Å². The highest BCUT2D eigenvalue weighted by atomic mass is 16.6. The van der Waals surface area contributed by atoms with E-state index in [0.717, 1.165) is 0 Å². The third-order valence-corrected chi connectivity index (χ3v) is 5.38. The third kappa shape index (κ3) is 4.14. The first-order valence-corrected chi connectivity index (χ1v) is 10.3. The van der Waals surface area contributed by atoms with E-state index in [1.165, 1.54) is 36.1 Å². The molecule has 34 heavy (non-hydrogen) atoms. The molecule has 9 nitrogen and oxygen atoms in total. The Labute approximate surface area is 194 Å². The lowest BCUT2D eigenvalue weighted by Crippen LogP contribution is -2.29. The van der Waals surface area contributed by atoms with Crippen LogP contribution in [0, 0.1) is 10.1 Å². The van der Waals surface area contributed by atoms with Gasteiger partial charge in [0.15, 0.2) is 0 Å². The number of non-ortho nitro benzene ring substituents is 1. The Kier molecular flexibility index (Phi) is 5.92. The van der Waals surface area contributed by atoms with E-state index in [1.807, 2.05) is 0 Å². The molecule has 0 aliphatic carbocycles. The van der Waals surface area contributed by atoms with Crippen LogP contribution in [0.3, 0.4) is 0 Å². The molecular weight excluding hydrogens is 438 g/mol. The van der Waals surface area contributed by atoms with Crippen molar-refractivity contribution < 1.29 is 24.4 Å². The first-order valence-electron chi connectivity index (χ1n) is 10.3. The number of benzene rings is 3. The molecule has 0 saturated carbocycles. The number of carbonyl (C=O) groups excluding carboxylic acids is 3.